The molecule has 21 heavy (non-hydrogen) atoms. The summed E-state index contributed by atoms with van der Waals surface area (Å²) in [5.74, 6) is -0.379. The van der Waals surface area contributed by atoms with Gasteiger partial charge in [-0.05, 0) is 17.7 Å². The molecule has 0 aromatic heterocycles. The molecule has 0 aliphatic carbocycles. The lowest BCUT2D eigenvalue weighted by Gasteiger charge is -2.08. The summed E-state index contributed by atoms with van der Waals surface area (Å²) in [5.41, 5.74) is 0.814. The summed E-state index contributed by atoms with van der Waals surface area (Å²) in [7, 11) is 1.57. The highest BCUT2D eigenvalue weighted by Crippen LogP contribution is 2.12. The van der Waals surface area contributed by atoms with Crippen molar-refractivity contribution < 1.29 is 23.9 Å². The maximum Gasteiger partial charge on any atom is 0.328 e. The predicted molar refractivity (Wildman–Crippen MR) is 73.8 cm³/mol. The van der Waals surface area contributed by atoms with E-state index >= 15 is 0 Å². The van der Waals surface area contributed by atoms with Gasteiger partial charge in [0.1, 0.15) is 17.6 Å². The van der Waals surface area contributed by atoms with E-state index in [1.165, 1.54) is 0 Å². The Hall–Kier alpha value is -2.37. The Bertz CT molecular complexity index is 537. The fourth-order valence-electron chi connectivity index (χ4n) is 2.08. The Morgan fingerprint density at radius 3 is 2.62 bits per heavy atom. The molecular formula is C15H17NO5. The van der Waals surface area contributed by atoms with E-state index in [0.29, 0.717) is 18.8 Å². The molecule has 1 aliphatic heterocycles. The second-order valence-electron chi connectivity index (χ2n) is 4.82. The number of hydrogen-bond acceptors (Lipinski definition) is 5. The number of ether oxygens (including phenoxy) is 2. The first kappa shape index (κ1) is 15.0. The molecule has 1 N–H and O–H groups in total. The number of Topliss-reactive ketones (excluding diaryl/α,β-unsaturated/α-hetero) is 1. The Morgan fingerprint density at radius 2 is 2.05 bits per heavy atom. The fourth-order valence-corrected chi connectivity index (χ4v) is 2.08. The van der Waals surface area contributed by atoms with Gasteiger partial charge in [-0.25, -0.2) is 4.79 Å². The molecule has 0 spiro atoms. The van der Waals surface area contributed by atoms with Gasteiger partial charge in [-0.3, -0.25) is 9.59 Å². The molecule has 2 rings (SSSR count). The summed E-state index contributed by atoms with van der Waals surface area (Å²) < 4.78 is 9.77. The van der Waals surface area contributed by atoms with Gasteiger partial charge in [-0.15, -0.1) is 0 Å². The van der Waals surface area contributed by atoms with Crippen molar-refractivity contribution in [2.45, 2.75) is 25.3 Å². The third-order valence-corrected chi connectivity index (χ3v) is 3.19. The monoisotopic (exact) mass is 291 g/mol. The number of esters is 1. The van der Waals surface area contributed by atoms with Crippen LogP contribution in [0, 0.1) is 0 Å². The van der Waals surface area contributed by atoms with Crippen LogP contribution in [0.2, 0.25) is 0 Å². The van der Waals surface area contributed by atoms with Gasteiger partial charge in [0.15, 0.2) is 0 Å². The summed E-state index contributed by atoms with van der Waals surface area (Å²) in [6.45, 7) is 0.309. The maximum atomic E-state index is 11.8. The summed E-state index contributed by atoms with van der Waals surface area (Å²) in [6.07, 6.45) is 0.388. The van der Waals surface area contributed by atoms with E-state index in [0.717, 1.165) is 5.56 Å². The molecule has 6 nitrogen and oxygen atoms in total. The first-order chi connectivity index (χ1) is 10.1. The second kappa shape index (κ2) is 6.88. The summed E-state index contributed by atoms with van der Waals surface area (Å²) in [6, 6.07) is 6.46. The molecular weight excluding hydrogens is 274 g/mol. The van der Waals surface area contributed by atoms with Crippen molar-refractivity contribution in [2.24, 2.45) is 0 Å². The van der Waals surface area contributed by atoms with Crippen molar-refractivity contribution in [2.75, 3.05) is 13.7 Å². The van der Waals surface area contributed by atoms with Gasteiger partial charge in [-0.1, -0.05) is 12.1 Å². The molecule has 0 saturated carbocycles. The molecule has 1 atom stereocenters. The fraction of sp³-hybridized carbons (Fsp3) is 0.400. The number of benzene rings is 1. The highest BCUT2D eigenvalue weighted by molar-refractivity contribution is 6.00. The zero-order valence-electron chi connectivity index (χ0n) is 11.8. The normalized spacial score (nSPS) is 17.2. The molecule has 1 aromatic rings. The Kier molecular flexibility index (Phi) is 4.92. The summed E-state index contributed by atoms with van der Waals surface area (Å²) >= 11 is 0. The lowest BCUT2D eigenvalue weighted by molar-refractivity contribution is -0.141. The van der Waals surface area contributed by atoms with Crippen LogP contribution in [0.25, 0.3) is 0 Å². The highest BCUT2D eigenvalue weighted by atomic mass is 16.5. The molecule has 1 aliphatic rings. The van der Waals surface area contributed by atoms with Crippen LogP contribution in [-0.2, 0) is 25.5 Å². The SMILES string of the molecule is COc1ccc(CC(=O)CC(=O)N[C@H]2CCOC2=O)cc1. The van der Waals surface area contributed by atoms with Crippen molar-refractivity contribution >= 4 is 17.7 Å². The zero-order valence-corrected chi connectivity index (χ0v) is 11.8. The highest BCUT2D eigenvalue weighted by Gasteiger charge is 2.28. The van der Waals surface area contributed by atoms with Crippen molar-refractivity contribution in [1.29, 1.82) is 0 Å². The molecule has 0 bridgehead atoms. The first-order valence-electron chi connectivity index (χ1n) is 6.69. The van der Waals surface area contributed by atoms with E-state index in [1.54, 1.807) is 31.4 Å². The average Bonchev–Trinajstić information content (AvgIpc) is 2.84. The summed E-state index contributed by atoms with van der Waals surface area (Å²) in [4.78, 5) is 34.7. The average molecular weight is 291 g/mol. The van der Waals surface area contributed by atoms with Crippen molar-refractivity contribution in [3.8, 4) is 5.75 Å². The largest absolute Gasteiger partial charge is 0.497 e. The quantitative estimate of drug-likeness (QED) is 0.614. The predicted octanol–water partition coefficient (Wildman–Crippen LogP) is 0.629. The number of nitrogens with one attached hydrogen (secondary N) is 1. The minimum atomic E-state index is -0.619. The second-order valence-corrected chi connectivity index (χ2v) is 4.82. The van der Waals surface area contributed by atoms with Gasteiger partial charge in [0.05, 0.1) is 20.1 Å². The number of hydrogen-bond donors (Lipinski definition) is 1. The van der Waals surface area contributed by atoms with E-state index in [9.17, 15) is 14.4 Å². The van der Waals surface area contributed by atoms with Gasteiger partial charge < -0.3 is 14.8 Å². The third kappa shape index (κ3) is 4.30. The summed E-state index contributed by atoms with van der Waals surface area (Å²) in [5, 5.41) is 2.51. The number of carbonyl (C=O) groups is 3. The maximum absolute atomic E-state index is 11.8. The Morgan fingerprint density at radius 1 is 1.33 bits per heavy atom. The van der Waals surface area contributed by atoms with Crippen LogP contribution in [0.15, 0.2) is 24.3 Å². The van der Waals surface area contributed by atoms with E-state index < -0.39 is 17.9 Å². The van der Waals surface area contributed by atoms with Gasteiger partial charge in [0.2, 0.25) is 5.91 Å². The molecule has 1 amide bonds. The van der Waals surface area contributed by atoms with Crippen LogP contribution in [0.3, 0.4) is 0 Å². The molecule has 1 heterocycles. The Labute approximate surface area is 122 Å². The number of amides is 1. The lowest BCUT2D eigenvalue weighted by Crippen LogP contribution is -2.38. The van der Waals surface area contributed by atoms with Crippen LogP contribution >= 0.6 is 0 Å². The van der Waals surface area contributed by atoms with E-state index in [1.807, 2.05) is 0 Å². The van der Waals surface area contributed by atoms with Gasteiger partial charge >= 0.3 is 5.97 Å². The topological polar surface area (TPSA) is 81.7 Å². The molecule has 0 radical (unpaired) electrons. The smallest absolute Gasteiger partial charge is 0.328 e. The van der Waals surface area contributed by atoms with Crippen LogP contribution in [-0.4, -0.2) is 37.4 Å². The third-order valence-electron chi connectivity index (χ3n) is 3.19. The van der Waals surface area contributed by atoms with E-state index in [4.69, 9.17) is 9.47 Å². The zero-order chi connectivity index (χ0) is 15.2. The molecule has 6 heteroatoms. The Balaban J connectivity index is 1.80. The molecule has 1 saturated heterocycles. The van der Waals surface area contributed by atoms with Gasteiger partial charge in [0.25, 0.3) is 0 Å². The number of methoxy groups -OCH3 is 1. The van der Waals surface area contributed by atoms with Crippen LogP contribution < -0.4 is 10.1 Å². The van der Waals surface area contributed by atoms with Crippen LogP contribution in [0.1, 0.15) is 18.4 Å². The molecule has 0 unspecified atom stereocenters. The van der Waals surface area contributed by atoms with Crippen molar-refractivity contribution in [3.05, 3.63) is 29.8 Å². The first-order valence-corrected chi connectivity index (χ1v) is 6.69. The van der Waals surface area contributed by atoms with E-state index in [2.05, 4.69) is 5.32 Å². The molecule has 1 fully saturated rings. The lowest BCUT2D eigenvalue weighted by atomic mass is 10.1. The molecule has 1 aromatic carbocycles. The number of ketones is 1. The molecule has 112 valence electrons. The number of rotatable bonds is 6. The van der Waals surface area contributed by atoms with Gasteiger partial charge in [0, 0.05) is 12.8 Å². The van der Waals surface area contributed by atoms with Crippen LogP contribution in [0.4, 0.5) is 0 Å². The van der Waals surface area contributed by atoms with Gasteiger partial charge in [-0.2, -0.15) is 0 Å². The van der Waals surface area contributed by atoms with Crippen molar-refractivity contribution in [3.63, 3.8) is 0 Å². The minimum Gasteiger partial charge on any atom is -0.497 e. The minimum absolute atomic E-state index is 0.173. The van der Waals surface area contributed by atoms with E-state index in [-0.39, 0.29) is 18.6 Å². The van der Waals surface area contributed by atoms with Crippen LogP contribution in [0.5, 0.6) is 5.75 Å². The number of carbonyl (C=O) groups excluding carboxylic acids is 3. The standard InChI is InChI=1S/C15H17NO5/c1-20-12-4-2-10(3-5-12)8-11(17)9-14(18)16-13-6-7-21-15(13)19/h2-5,13H,6-9H2,1H3,(H,16,18)/t13-/m0/s1. The van der Waals surface area contributed by atoms with Crippen molar-refractivity contribution in [1.82, 2.24) is 5.32 Å². The number of cyclic esters (lactones) is 1.